The van der Waals surface area contributed by atoms with Gasteiger partial charge >= 0.3 is 0 Å². The molecule has 1 aliphatic heterocycles. The molecule has 2 aliphatic rings. The van der Waals surface area contributed by atoms with Gasteiger partial charge in [0.05, 0.1) is 17.9 Å². The van der Waals surface area contributed by atoms with Crippen LogP contribution in [0.5, 0.6) is 0 Å². The topological polar surface area (TPSA) is 55.1 Å². The van der Waals surface area contributed by atoms with Crippen molar-refractivity contribution in [3.63, 3.8) is 0 Å². The van der Waals surface area contributed by atoms with Crippen LogP contribution in [0.15, 0.2) is 53.5 Å². The fourth-order valence-electron chi connectivity index (χ4n) is 3.36. The zero-order chi connectivity index (χ0) is 17.5. The second kappa shape index (κ2) is 6.14. The largest absolute Gasteiger partial charge is 0.307 e. The molecule has 130 valence electrons. The molecule has 0 bridgehead atoms. The van der Waals surface area contributed by atoms with Crippen LogP contribution < -0.4 is 5.32 Å². The summed E-state index contributed by atoms with van der Waals surface area (Å²) in [6.07, 6.45) is 2.44. The molecule has 0 unspecified atom stereocenters. The lowest BCUT2D eigenvalue weighted by Gasteiger charge is -2.14. The number of hydrogen-bond acceptors (Lipinski definition) is 4. The van der Waals surface area contributed by atoms with Crippen molar-refractivity contribution in [2.75, 3.05) is 0 Å². The van der Waals surface area contributed by atoms with Gasteiger partial charge in [-0.2, -0.15) is 0 Å². The lowest BCUT2D eigenvalue weighted by atomic mass is 10.00. The van der Waals surface area contributed by atoms with Crippen LogP contribution in [-0.4, -0.2) is 26.5 Å². The summed E-state index contributed by atoms with van der Waals surface area (Å²) in [5.74, 6) is 1.37. The Bertz CT molecular complexity index is 1000. The van der Waals surface area contributed by atoms with Crippen molar-refractivity contribution in [3.05, 3.63) is 77.1 Å². The van der Waals surface area contributed by atoms with Gasteiger partial charge in [-0.15, -0.1) is 10.2 Å². The minimum atomic E-state index is -0.269. The monoisotopic (exact) mass is 347 g/mol. The Balaban J connectivity index is 1.63. The number of fused-ring (bicyclic) bond motifs is 3. The predicted molar refractivity (Wildman–Crippen MR) is 97.0 cm³/mol. The molecule has 0 atom stereocenters. The number of rotatable bonds is 4. The molecule has 5 rings (SSSR count). The third kappa shape index (κ3) is 2.63. The first kappa shape index (κ1) is 15.4. The first-order valence-corrected chi connectivity index (χ1v) is 8.87. The number of hydrogen-bond donors (Lipinski definition) is 1. The summed E-state index contributed by atoms with van der Waals surface area (Å²) in [5, 5.41) is 12.2. The van der Waals surface area contributed by atoms with Gasteiger partial charge in [0.25, 0.3) is 0 Å². The van der Waals surface area contributed by atoms with Gasteiger partial charge in [0, 0.05) is 17.2 Å². The summed E-state index contributed by atoms with van der Waals surface area (Å²) in [6.45, 7) is 1.04. The molecule has 0 amide bonds. The Morgan fingerprint density at radius 3 is 2.58 bits per heavy atom. The van der Waals surface area contributed by atoms with E-state index in [1.54, 1.807) is 12.1 Å². The summed E-state index contributed by atoms with van der Waals surface area (Å²) < 4.78 is 16.5. The molecule has 0 radical (unpaired) electrons. The van der Waals surface area contributed by atoms with E-state index in [-0.39, 0.29) is 5.82 Å². The molecule has 2 aromatic carbocycles. The van der Waals surface area contributed by atoms with Gasteiger partial charge in [-0.25, -0.2) is 4.39 Å². The molecular formula is C20H18FN5. The number of nitrogens with one attached hydrogen (secondary N) is 1. The van der Waals surface area contributed by atoms with Crippen LogP contribution in [0.1, 0.15) is 35.6 Å². The molecule has 26 heavy (non-hydrogen) atoms. The van der Waals surface area contributed by atoms with Crippen LogP contribution in [0, 0.1) is 5.82 Å². The lowest BCUT2D eigenvalue weighted by molar-refractivity contribution is 0.625. The van der Waals surface area contributed by atoms with Gasteiger partial charge in [-0.1, -0.05) is 30.3 Å². The summed E-state index contributed by atoms with van der Waals surface area (Å²) in [7, 11) is 0. The molecule has 2 heterocycles. The first-order valence-electron chi connectivity index (χ1n) is 8.87. The summed E-state index contributed by atoms with van der Waals surface area (Å²) in [4.78, 5) is 4.69. The quantitative estimate of drug-likeness (QED) is 0.789. The van der Waals surface area contributed by atoms with E-state index in [1.807, 2.05) is 30.3 Å². The maximum absolute atomic E-state index is 14.4. The molecule has 1 aromatic heterocycles. The van der Waals surface area contributed by atoms with Crippen LogP contribution >= 0.6 is 0 Å². The van der Waals surface area contributed by atoms with Crippen LogP contribution in [0.4, 0.5) is 4.39 Å². The predicted octanol–water partition coefficient (Wildman–Crippen LogP) is 3.01. The maximum atomic E-state index is 14.4. The standard InChI is InChI=1S/C20H18FN5/c21-16-7-3-1-5-14(16)20-15-6-2-4-8-17(15)26-18(11-22-13-9-10-13)24-25-19(26)12-23-20/h1-8,13,22H,9-12H2. The van der Waals surface area contributed by atoms with Crippen molar-refractivity contribution in [2.45, 2.75) is 32.0 Å². The lowest BCUT2D eigenvalue weighted by Crippen LogP contribution is -2.19. The minimum absolute atomic E-state index is 0.269. The maximum Gasteiger partial charge on any atom is 0.159 e. The van der Waals surface area contributed by atoms with Crippen molar-refractivity contribution >= 4 is 5.71 Å². The van der Waals surface area contributed by atoms with Gasteiger partial charge in [-0.3, -0.25) is 9.56 Å². The van der Waals surface area contributed by atoms with E-state index in [0.717, 1.165) is 22.9 Å². The van der Waals surface area contributed by atoms with E-state index in [1.165, 1.54) is 18.9 Å². The molecule has 0 saturated heterocycles. The molecule has 1 saturated carbocycles. The Labute approximate surface area is 150 Å². The molecule has 1 fully saturated rings. The minimum Gasteiger partial charge on any atom is -0.307 e. The van der Waals surface area contributed by atoms with Gasteiger partial charge in [0.1, 0.15) is 12.4 Å². The van der Waals surface area contributed by atoms with Crippen molar-refractivity contribution < 1.29 is 4.39 Å². The van der Waals surface area contributed by atoms with Gasteiger partial charge < -0.3 is 5.32 Å². The Hall–Kier alpha value is -2.86. The van der Waals surface area contributed by atoms with Crippen molar-refractivity contribution in [1.29, 1.82) is 0 Å². The summed E-state index contributed by atoms with van der Waals surface area (Å²) in [6, 6.07) is 15.3. The zero-order valence-electron chi connectivity index (χ0n) is 14.2. The van der Waals surface area contributed by atoms with Crippen LogP contribution in [-0.2, 0) is 13.1 Å². The highest BCUT2D eigenvalue weighted by Crippen LogP contribution is 2.27. The zero-order valence-corrected chi connectivity index (χ0v) is 14.2. The highest BCUT2D eigenvalue weighted by molar-refractivity contribution is 6.15. The fraction of sp³-hybridized carbons (Fsp3) is 0.250. The smallest absolute Gasteiger partial charge is 0.159 e. The highest BCUT2D eigenvalue weighted by Gasteiger charge is 2.25. The first-order chi connectivity index (χ1) is 12.8. The Kier molecular flexibility index (Phi) is 3.64. The molecule has 1 N–H and O–H groups in total. The second-order valence-corrected chi connectivity index (χ2v) is 6.68. The number of nitrogens with zero attached hydrogens (tertiary/aromatic N) is 4. The average molecular weight is 347 g/mol. The van der Waals surface area contributed by atoms with Gasteiger partial charge in [0.2, 0.25) is 0 Å². The number of aliphatic imine (C=N–C) groups is 1. The third-order valence-electron chi connectivity index (χ3n) is 4.83. The average Bonchev–Trinajstić information content (AvgIpc) is 3.44. The van der Waals surface area contributed by atoms with E-state index < -0.39 is 0 Å². The molecule has 6 heteroatoms. The van der Waals surface area contributed by atoms with E-state index in [2.05, 4.69) is 20.1 Å². The van der Waals surface area contributed by atoms with E-state index in [0.29, 0.717) is 30.4 Å². The second-order valence-electron chi connectivity index (χ2n) is 6.68. The van der Waals surface area contributed by atoms with Gasteiger partial charge in [-0.05, 0) is 31.0 Å². The van der Waals surface area contributed by atoms with Crippen molar-refractivity contribution in [1.82, 2.24) is 20.1 Å². The Morgan fingerprint density at radius 2 is 1.77 bits per heavy atom. The van der Waals surface area contributed by atoms with Crippen LogP contribution in [0.3, 0.4) is 0 Å². The number of benzene rings is 2. The molecule has 1 aliphatic carbocycles. The molecule has 5 nitrogen and oxygen atoms in total. The number of halogens is 1. The molecule has 3 aromatic rings. The molecular weight excluding hydrogens is 329 g/mol. The number of aromatic nitrogens is 3. The summed E-state index contributed by atoms with van der Waals surface area (Å²) >= 11 is 0. The highest BCUT2D eigenvalue weighted by atomic mass is 19.1. The summed E-state index contributed by atoms with van der Waals surface area (Å²) in [5.41, 5.74) is 3.00. The van der Waals surface area contributed by atoms with Crippen LogP contribution in [0.2, 0.25) is 0 Å². The number of para-hydroxylation sites is 1. The SMILES string of the molecule is Fc1ccccc1C1=NCc2nnc(CNC3CC3)n2-c2ccccc21. The van der Waals surface area contributed by atoms with Gasteiger partial charge in [0.15, 0.2) is 11.6 Å². The van der Waals surface area contributed by atoms with Crippen LogP contribution in [0.25, 0.3) is 5.69 Å². The molecule has 0 spiro atoms. The Morgan fingerprint density at radius 1 is 1.00 bits per heavy atom. The van der Waals surface area contributed by atoms with Crippen molar-refractivity contribution in [3.8, 4) is 5.69 Å². The van der Waals surface area contributed by atoms with Crippen molar-refractivity contribution in [2.24, 2.45) is 4.99 Å². The van der Waals surface area contributed by atoms with E-state index >= 15 is 0 Å². The fourth-order valence-corrected chi connectivity index (χ4v) is 3.36. The van der Waals surface area contributed by atoms with E-state index in [9.17, 15) is 4.39 Å². The normalized spacial score (nSPS) is 15.8. The van der Waals surface area contributed by atoms with E-state index in [4.69, 9.17) is 4.99 Å². The third-order valence-corrected chi connectivity index (χ3v) is 4.83.